The van der Waals surface area contributed by atoms with Gasteiger partial charge < -0.3 is 10.1 Å². The van der Waals surface area contributed by atoms with Crippen molar-refractivity contribution in [2.45, 2.75) is 6.10 Å². The van der Waals surface area contributed by atoms with E-state index in [1.807, 2.05) is 24.3 Å². The summed E-state index contributed by atoms with van der Waals surface area (Å²) in [6.45, 7) is 2.55. The van der Waals surface area contributed by atoms with Crippen molar-refractivity contribution in [2.75, 3.05) is 19.7 Å². The first kappa shape index (κ1) is 15.4. The summed E-state index contributed by atoms with van der Waals surface area (Å²) in [5, 5.41) is 11.6. The van der Waals surface area contributed by atoms with Crippen molar-refractivity contribution in [3.05, 3.63) is 65.2 Å². The molecule has 2 N–H and O–H groups in total. The minimum Gasteiger partial charge on any atom is -0.371 e. The van der Waals surface area contributed by atoms with Crippen LogP contribution in [0.15, 0.2) is 54.6 Å². The lowest BCUT2D eigenvalue weighted by Gasteiger charge is -2.24. The Bertz CT molecular complexity index is 805. The molecule has 24 heavy (non-hydrogen) atoms. The lowest BCUT2D eigenvalue weighted by atomic mass is 10.0. The normalized spacial score (nSPS) is 17.8. The number of benzene rings is 2. The van der Waals surface area contributed by atoms with Crippen LogP contribution < -0.4 is 5.32 Å². The molecule has 1 aliphatic heterocycles. The smallest absolute Gasteiger partial charge is 0.0949 e. The van der Waals surface area contributed by atoms with E-state index in [2.05, 4.69) is 45.8 Å². The van der Waals surface area contributed by atoms with Crippen molar-refractivity contribution < 1.29 is 4.74 Å². The highest BCUT2D eigenvalue weighted by molar-refractivity contribution is 6.30. The van der Waals surface area contributed by atoms with Crippen molar-refractivity contribution in [2.24, 2.45) is 0 Å². The van der Waals surface area contributed by atoms with E-state index in [4.69, 9.17) is 16.3 Å². The monoisotopic (exact) mass is 339 g/mol. The molecule has 1 aromatic heterocycles. The van der Waals surface area contributed by atoms with Gasteiger partial charge in [-0.25, -0.2) is 0 Å². The summed E-state index contributed by atoms with van der Waals surface area (Å²) in [5.74, 6) is 0. The molecule has 0 amide bonds. The number of rotatable bonds is 3. The molecule has 4 nitrogen and oxygen atoms in total. The molecule has 3 aromatic rings. The first-order valence-corrected chi connectivity index (χ1v) is 8.41. The van der Waals surface area contributed by atoms with Gasteiger partial charge in [-0.2, -0.15) is 5.10 Å². The standard InChI is InChI=1S/C19H18ClN3O/c20-16-7-5-14(6-8-16)18-11-17(22-23-18)13-1-3-15(4-2-13)19-12-21-9-10-24-19/h1-8,11,19,21H,9-10,12H2,(H,22,23)/t19-/m0/s1. The lowest BCUT2D eigenvalue weighted by Crippen LogP contribution is -2.33. The Morgan fingerprint density at radius 1 is 1.00 bits per heavy atom. The SMILES string of the molecule is Clc1ccc(-c2cc(-c3ccc([C@@H]4CNCCO4)cc3)[nH]n2)cc1. The topological polar surface area (TPSA) is 49.9 Å². The Labute approximate surface area is 145 Å². The first-order chi connectivity index (χ1) is 11.8. The maximum Gasteiger partial charge on any atom is 0.0949 e. The van der Waals surface area contributed by atoms with Crippen LogP contribution in [0.5, 0.6) is 0 Å². The molecule has 0 saturated carbocycles. The average molecular weight is 340 g/mol. The van der Waals surface area contributed by atoms with Crippen LogP contribution in [0.3, 0.4) is 0 Å². The van der Waals surface area contributed by atoms with Gasteiger partial charge in [-0.15, -0.1) is 0 Å². The summed E-state index contributed by atoms with van der Waals surface area (Å²) in [7, 11) is 0. The molecule has 0 bridgehead atoms. The molecule has 2 heterocycles. The fraction of sp³-hybridized carbons (Fsp3) is 0.211. The Balaban J connectivity index is 1.54. The zero-order valence-corrected chi connectivity index (χ0v) is 13.9. The zero-order chi connectivity index (χ0) is 16.4. The maximum atomic E-state index is 5.94. The zero-order valence-electron chi connectivity index (χ0n) is 13.1. The number of aromatic amines is 1. The van der Waals surface area contributed by atoms with E-state index in [1.165, 1.54) is 5.56 Å². The number of halogens is 1. The van der Waals surface area contributed by atoms with E-state index >= 15 is 0 Å². The van der Waals surface area contributed by atoms with Crippen LogP contribution in [-0.2, 0) is 4.74 Å². The Morgan fingerprint density at radius 3 is 2.46 bits per heavy atom. The van der Waals surface area contributed by atoms with Gasteiger partial charge in [0.1, 0.15) is 0 Å². The molecule has 0 spiro atoms. The number of nitrogens with zero attached hydrogens (tertiary/aromatic N) is 1. The lowest BCUT2D eigenvalue weighted by molar-refractivity contribution is 0.0277. The highest BCUT2D eigenvalue weighted by Crippen LogP contribution is 2.26. The van der Waals surface area contributed by atoms with Crippen LogP contribution in [0.1, 0.15) is 11.7 Å². The van der Waals surface area contributed by atoms with Crippen LogP contribution in [0, 0.1) is 0 Å². The van der Waals surface area contributed by atoms with Crippen LogP contribution in [0.2, 0.25) is 5.02 Å². The van der Waals surface area contributed by atoms with Crippen LogP contribution in [0.25, 0.3) is 22.5 Å². The molecule has 122 valence electrons. The molecule has 2 aromatic carbocycles. The Kier molecular flexibility index (Phi) is 4.34. The van der Waals surface area contributed by atoms with Gasteiger partial charge in [0.05, 0.1) is 24.1 Å². The van der Waals surface area contributed by atoms with E-state index < -0.39 is 0 Å². The molecule has 1 aliphatic rings. The molecule has 1 fully saturated rings. The molecule has 1 saturated heterocycles. The summed E-state index contributed by atoms with van der Waals surface area (Å²) >= 11 is 5.94. The molecule has 1 atom stereocenters. The summed E-state index contributed by atoms with van der Waals surface area (Å²) in [4.78, 5) is 0. The highest BCUT2D eigenvalue weighted by Gasteiger charge is 2.15. The van der Waals surface area contributed by atoms with E-state index in [9.17, 15) is 0 Å². The Morgan fingerprint density at radius 2 is 1.75 bits per heavy atom. The Hall–Kier alpha value is -2.14. The molecule has 5 heteroatoms. The van der Waals surface area contributed by atoms with Gasteiger partial charge in [-0.1, -0.05) is 48.0 Å². The predicted octanol–water partition coefficient (Wildman–Crippen LogP) is 4.06. The minimum atomic E-state index is 0.138. The predicted molar refractivity (Wildman–Crippen MR) is 96.0 cm³/mol. The van der Waals surface area contributed by atoms with Gasteiger partial charge in [0, 0.05) is 23.7 Å². The van der Waals surface area contributed by atoms with Crippen molar-refractivity contribution in [1.82, 2.24) is 15.5 Å². The minimum absolute atomic E-state index is 0.138. The van der Waals surface area contributed by atoms with Crippen LogP contribution >= 0.6 is 11.6 Å². The third kappa shape index (κ3) is 3.22. The largest absolute Gasteiger partial charge is 0.371 e. The average Bonchev–Trinajstić information content (AvgIpc) is 3.13. The fourth-order valence-electron chi connectivity index (χ4n) is 2.89. The van der Waals surface area contributed by atoms with Crippen molar-refractivity contribution in [1.29, 1.82) is 0 Å². The molecule has 0 radical (unpaired) electrons. The van der Waals surface area contributed by atoms with Gasteiger partial charge in [0.25, 0.3) is 0 Å². The molecule has 0 aliphatic carbocycles. The summed E-state index contributed by atoms with van der Waals surface area (Å²) < 4.78 is 5.79. The van der Waals surface area contributed by atoms with Crippen molar-refractivity contribution >= 4 is 11.6 Å². The van der Waals surface area contributed by atoms with E-state index in [1.54, 1.807) is 0 Å². The summed E-state index contributed by atoms with van der Waals surface area (Å²) in [5.41, 5.74) is 5.25. The number of H-pyrrole nitrogens is 1. The second-order valence-corrected chi connectivity index (χ2v) is 6.30. The summed E-state index contributed by atoms with van der Waals surface area (Å²) in [6, 6.07) is 18.2. The number of ether oxygens (including phenoxy) is 1. The van der Waals surface area contributed by atoms with Gasteiger partial charge >= 0.3 is 0 Å². The molecule has 4 rings (SSSR count). The summed E-state index contributed by atoms with van der Waals surface area (Å²) in [6.07, 6.45) is 0.138. The number of morpholine rings is 1. The van der Waals surface area contributed by atoms with Crippen molar-refractivity contribution in [3.63, 3.8) is 0 Å². The number of aromatic nitrogens is 2. The molecular weight excluding hydrogens is 322 g/mol. The second-order valence-electron chi connectivity index (χ2n) is 5.86. The maximum absolute atomic E-state index is 5.94. The number of hydrogen-bond donors (Lipinski definition) is 2. The third-order valence-corrected chi connectivity index (χ3v) is 4.49. The van der Waals surface area contributed by atoms with Crippen LogP contribution in [-0.4, -0.2) is 29.9 Å². The number of hydrogen-bond acceptors (Lipinski definition) is 3. The van der Waals surface area contributed by atoms with Crippen LogP contribution in [0.4, 0.5) is 0 Å². The van der Waals surface area contributed by atoms with Gasteiger partial charge in [0.15, 0.2) is 0 Å². The van der Waals surface area contributed by atoms with Gasteiger partial charge in [-0.3, -0.25) is 5.10 Å². The quantitative estimate of drug-likeness (QED) is 0.756. The van der Waals surface area contributed by atoms with Gasteiger partial charge in [-0.05, 0) is 29.3 Å². The molecule has 0 unspecified atom stereocenters. The van der Waals surface area contributed by atoms with Crippen molar-refractivity contribution in [3.8, 4) is 22.5 Å². The van der Waals surface area contributed by atoms with E-state index in [0.717, 1.165) is 47.2 Å². The highest BCUT2D eigenvalue weighted by atomic mass is 35.5. The first-order valence-electron chi connectivity index (χ1n) is 8.03. The number of nitrogens with one attached hydrogen (secondary N) is 2. The fourth-order valence-corrected chi connectivity index (χ4v) is 3.02. The molecular formula is C19H18ClN3O. The van der Waals surface area contributed by atoms with E-state index in [-0.39, 0.29) is 6.10 Å². The van der Waals surface area contributed by atoms with Gasteiger partial charge in [0.2, 0.25) is 0 Å². The third-order valence-electron chi connectivity index (χ3n) is 4.24. The van der Waals surface area contributed by atoms with E-state index in [0.29, 0.717) is 0 Å². The second kappa shape index (κ2) is 6.77.